The van der Waals surface area contributed by atoms with Crippen molar-refractivity contribution < 1.29 is 9.53 Å². The number of aryl methyl sites for hydroxylation is 2. The fraction of sp³-hybridized carbons (Fsp3) is 0.208. The lowest BCUT2D eigenvalue weighted by Crippen LogP contribution is -2.24. The fourth-order valence-corrected chi connectivity index (χ4v) is 3.07. The van der Waals surface area contributed by atoms with Gasteiger partial charge in [0.15, 0.2) is 0 Å². The minimum absolute atomic E-state index is 0.0412. The molecule has 0 unspecified atom stereocenters. The summed E-state index contributed by atoms with van der Waals surface area (Å²) in [7, 11) is 0. The Morgan fingerprint density at radius 1 is 0.852 bits per heavy atom. The number of nitrogens with one attached hydrogen (secondary N) is 1. The minimum Gasteiger partial charge on any atom is -0.494 e. The van der Waals surface area contributed by atoms with Gasteiger partial charge >= 0.3 is 0 Å². The van der Waals surface area contributed by atoms with Gasteiger partial charge in [-0.1, -0.05) is 60.7 Å². The minimum atomic E-state index is -0.0412. The van der Waals surface area contributed by atoms with Crippen LogP contribution in [-0.4, -0.2) is 12.5 Å². The maximum atomic E-state index is 12.7. The summed E-state index contributed by atoms with van der Waals surface area (Å²) in [5.74, 6) is 0.785. The van der Waals surface area contributed by atoms with Crippen LogP contribution in [0.2, 0.25) is 0 Å². The van der Waals surface area contributed by atoms with Crippen molar-refractivity contribution in [3.8, 4) is 5.75 Å². The molecular weight excluding hydrogens is 334 g/mol. The van der Waals surface area contributed by atoms with Crippen LogP contribution in [0.4, 0.5) is 0 Å². The van der Waals surface area contributed by atoms with Crippen molar-refractivity contribution in [1.82, 2.24) is 5.32 Å². The van der Waals surface area contributed by atoms with Gasteiger partial charge in [0.2, 0.25) is 0 Å². The SMILES string of the molecule is CCOc1cccc(CNC(=O)c2ccccc2CCc2ccccc2)c1. The number of hydrogen-bond acceptors (Lipinski definition) is 2. The Morgan fingerprint density at radius 2 is 1.59 bits per heavy atom. The second-order valence-corrected chi connectivity index (χ2v) is 6.41. The van der Waals surface area contributed by atoms with E-state index in [1.165, 1.54) is 5.56 Å². The Labute approximate surface area is 161 Å². The van der Waals surface area contributed by atoms with E-state index >= 15 is 0 Å². The third kappa shape index (κ3) is 5.45. The van der Waals surface area contributed by atoms with Gasteiger partial charge in [0, 0.05) is 12.1 Å². The molecule has 0 aliphatic carbocycles. The standard InChI is InChI=1S/C24H25NO2/c1-2-27-22-13-8-11-20(17-22)18-25-24(26)23-14-7-6-12-21(23)16-15-19-9-4-3-5-10-19/h3-14,17H,2,15-16,18H2,1H3,(H,25,26). The summed E-state index contributed by atoms with van der Waals surface area (Å²) in [6.45, 7) is 3.07. The van der Waals surface area contributed by atoms with Crippen LogP contribution in [0.1, 0.15) is 34.0 Å². The monoisotopic (exact) mass is 359 g/mol. The molecule has 3 aromatic rings. The van der Waals surface area contributed by atoms with Gasteiger partial charge in [0.1, 0.15) is 5.75 Å². The first-order valence-electron chi connectivity index (χ1n) is 9.38. The molecule has 0 heterocycles. The van der Waals surface area contributed by atoms with Crippen LogP contribution in [0, 0.1) is 0 Å². The zero-order valence-corrected chi connectivity index (χ0v) is 15.7. The zero-order chi connectivity index (χ0) is 18.9. The van der Waals surface area contributed by atoms with Gasteiger partial charge in [-0.05, 0) is 54.7 Å². The van der Waals surface area contributed by atoms with E-state index in [-0.39, 0.29) is 5.91 Å². The molecule has 0 saturated heterocycles. The Kier molecular flexibility index (Phi) is 6.64. The highest BCUT2D eigenvalue weighted by atomic mass is 16.5. The third-order valence-electron chi connectivity index (χ3n) is 4.45. The summed E-state index contributed by atoms with van der Waals surface area (Å²) < 4.78 is 5.52. The van der Waals surface area contributed by atoms with E-state index in [1.54, 1.807) is 0 Å². The molecule has 3 heteroatoms. The predicted molar refractivity (Wildman–Crippen MR) is 109 cm³/mol. The molecule has 0 aliphatic rings. The molecule has 1 N–H and O–H groups in total. The van der Waals surface area contributed by atoms with E-state index in [0.29, 0.717) is 13.2 Å². The van der Waals surface area contributed by atoms with Gasteiger partial charge in [0.05, 0.1) is 6.61 Å². The fourth-order valence-electron chi connectivity index (χ4n) is 3.07. The Balaban J connectivity index is 1.63. The number of hydrogen-bond donors (Lipinski definition) is 1. The summed E-state index contributed by atoms with van der Waals surface area (Å²) in [5.41, 5.74) is 4.12. The predicted octanol–water partition coefficient (Wildman–Crippen LogP) is 4.80. The van der Waals surface area contributed by atoms with Crippen LogP contribution in [0.5, 0.6) is 5.75 Å². The molecule has 3 aromatic carbocycles. The quantitative estimate of drug-likeness (QED) is 0.627. The average Bonchev–Trinajstić information content (AvgIpc) is 2.72. The largest absolute Gasteiger partial charge is 0.494 e. The summed E-state index contributed by atoms with van der Waals surface area (Å²) in [5, 5.41) is 3.03. The van der Waals surface area contributed by atoms with Gasteiger partial charge < -0.3 is 10.1 Å². The lowest BCUT2D eigenvalue weighted by Gasteiger charge is -2.11. The first-order valence-corrected chi connectivity index (χ1v) is 9.38. The summed E-state index contributed by atoms with van der Waals surface area (Å²) >= 11 is 0. The first kappa shape index (κ1) is 18.7. The van der Waals surface area contributed by atoms with Gasteiger partial charge in [-0.15, -0.1) is 0 Å². The van der Waals surface area contributed by atoms with Crippen LogP contribution in [-0.2, 0) is 19.4 Å². The van der Waals surface area contributed by atoms with E-state index in [9.17, 15) is 4.79 Å². The van der Waals surface area contributed by atoms with Crippen LogP contribution in [0.15, 0.2) is 78.9 Å². The van der Waals surface area contributed by atoms with Crippen LogP contribution in [0.25, 0.3) is 0 Å². The number of carbonyl (C=O) groups excluding carboxylic acids is 1. The van der Waals surface area contributed by atoms with Gasteiger partial charge in [-0.2, -0.15) is 0 Å². The molecule has 0 spiro atoms. The van der Waals surface area contributed by atoms with E-state index in [0.717, 1.165) is 35.3 Å². The van der Waals surface area contributed by atoms with Crippen molar-refractivity contribution in [2.45, 2.75) is 26.3 Å². The average molecular weight is 359 g/mol. The second kappa shape index (κ2) is 9.58. The second-order valence-electron chi connectivity index (χ2n) is 6.41. The van der Waals surface area contributed by atoms with Crippen LogP contribution < -0.4 is 10.1 Å². The summed E-state index contributed by atoms with van der Waals surface area (Å²) in [6, 6.07) is 26.0. The van der Waals surface area contributed by atoms with E-state index in [1.807, 2.05) is 73.7 Å². The first-order chi connectivity index (χ1) is 13.3. The van der Waals surface area contributed by atoms with Gasteiger partial charge in [0.25, 0.3) is 5.91 Å². The highest BCUT2D eigenvalue weighted by Gasteiger charge is 2.11. The maximum absolute atomic E-state index is 12.7. The summed E-state index contributed by atoms with van der Waals surface area (Å²) in [4.78, 5) is 12.7. The molecule has 0 aromatic heterocycles. The molecule has 0 bridgehead atoms. The molecule has 138 valence electrons. The van der Waals surface area contributed by atoms with Crippen molar-refractivity contribution in [2.24, 2.45) is 0 Å². The molecule has 3 rings (SSSR count). The smallest absolute Gasteiger partial charge is 0.251 e. The van der Waals surface area contributed by atoms with Crippen LogP contribution in [0.3, 0.4) is 0 Å². The lowest BCUT2D eigenvalue weighted by atomic mass is 9.99. The van der Waals surface area contributed by atoms with Gasteiger partial charge in [-0.3, -0.25) is 4.79 Å². The number of benzene rings is 3. The van der Waals surface area contributed by atoms with Crippen molar-refractivity contribution in [1.29, 1.82) is 0 Å². The molecule has 1 amide bonds. The molecule has 0 radical (unpaired) electrons. The highest BCUT2D eigenvalue weighted by Crippen LogP contribution is 2.15. The number of ether oxygens (including phenoxy) is 1. The highest BCUT2D eigenvalue weighted by molar-refractivity contribution is 5.95. The summed E-state index contributed by atoms with van der Waals surface area (Å²) in [6.07, 6.45) is 1.76. The number of rotatable bonds is 8. The van der Waals surface area contributed by atoms with Crippen molar-refractivity contribution in [3.63, 3.8) is 0 Å². The third-order valence-corrected chi connectivity index (χ3v) is 4.45. The zero-order valence-electron chi connectivity index (χ0n) is 15.7. The van der Waals surface area contributed by atoms with Crippen molar-refractivity contribution in [3.05, 3.63) is 101 Å². The van der Waals surface area contributed by atoms with Crippen LogP contribution >= 0.6 is 0 Å². The van der Waals surface area contributed by atoms with E-state index < -0.39 is 0 Å². The molecule has 3 nitrogen and oxygen atoms in total. The molecule has 0 fully saturated rings. The number of amides is 1. The van der Waals surface area contributed by atoms with E-state index in [2.05, 4.69) is 17.4 Å². The Bertz CT molecular complexity index is 874. The molecule has 0 atom stereocenters. The lowest BCUT2D eigenvalue weighted by molar-refractivity contribution is 0.0950. The van der Waals surface area contributed by atoms with E-state index in [4.69, 9.17) is 4.74 Å². The van der Waals surface area contributed by atoms with Crippen molar-refractivity contribution >= 4 is 5.91 Å². The molecule has 0 aliphatic heterocycles. The topological polar surface area (TPSA) is 38.3 Å². The van der Waals surface area contributed by atoms with Gasteiger partial charge in [-0.25, -0.2) is 0 Å². The molecular formula is C24H25NO2. The molecule has 27 heavy (non-hydrogen) atoms. The maximum Gasteiger partial charge on any atom is 0.251 e. The Morgan fingerprint density at radius 3 is 2.41 bits per heavy atom. The normalized spacial score (nSPS) is 10.4. The van der Waals surface area contributed by atoms with Crippen molar-refractivity contribution in [2.75, 3.05) is 6.61 Å². The Hall–Kier alpha value is -3.07. The number of carbonyl (C=O) groups is 1. The molecule has 0 saturated carbocycles.